The number of oxazole rings is 1. The molecule has 2 N–H and O–H groups in total. The van der Waals surface area contributed by atoms with Crippen molar-refractivity contribution in [3.05, 3.63) is 17.7 Å². The zero-order chi connectivity index (χ0) is 15.6. The third kappa shape index (κ3) is 2.01. The molecule has 1 aliphatic heterocycles. The molecule has 1 aliphatic rings. The summed E-state index contributed by atoms with van der Waals surface area (Å²) in [6, 6.07) is 0.693. The summed E-state index contributed by atoms with van der Waals surface area (Å²) >= 11 is 0. The number of hydrogen-bond donors (Lipinski definition) is 1. The molecule has 5 nitrogen and oxygen atoms in total. The SMILES string of the molecule is CC1(C)OB(c2cc(F)c3oc(N)nc3c2F)OC1(C)C. The van der Waals surface area contributed by atoms with Crippen LogP contribution in [0.15, 0.2) is 10.5 Å². The van der Waals surface area contributed by atoms with Gasteiger partial charge in [-0.2, -0.15) is 4.98 Å². The number of nitrogens with zero attached hydrogens (tertiary/aromatic N) is 1. The van der Waals surface area contributed by atoms with Crippen LogP contribution in [0.2, 0.25) is 0 Å². The summed E-state index contributed by atoms with van der Waals surface area (Å²) in [5, 5.41) is 0. The number of rotatable bonds is 1. The summed E-state index contributed by atoms with van der Waals surface area (Å²) < 4.78 is 44.8. The molecule has 21 heavy (non-hydrogen) atoms. The topological polar surface area (TPSA) is 70.5 Å². The van der Waals surface area contributed by atoms with E-state index in [1.165, 1.54) is 0 Å². The van der Waals surface area contributed by atoms with Gasteiger partial charge in [-0.25, -0.2) is 8.78 Å². The van der Waals surface area contributed by atoms with Crippen LogP contribution < -0.4 is 11.2 Å². The molecule has 0 bridgehead atoms. The minimum atomic E-state index is -1.02. The number of benzene rings is 1. The van der Waals surface area contributed by atoms with E-state index in [1.807, 2.05) is 27.7 Å². The van der Waals surface area contributed by atoms with Crippen molar-refractivity contribution >= 4 is 29.7 Å². The molecule has 0 spiro atoms. The van der Waals surface area contributed by atoms with Crippen molar-refractivity contribution < 1.29 is 22.5 Å². The second-order valence-corrected chi connectivity index (χ2v) is 6.08. The van der Waals surface area contributed by atoms with E-state index in [2.05, 4.69) is 4.98 Å². The summed E-state index contributed by atoms with van der Waals surface area (Å²) in [6.07, 6.45) is 0. The summed E-state index contributed by atoms with van der Waals surface area (Å²) in [6.45, 7) is 7.31. The third-order valence-electron chi connectivity index (χ3n) is 4.11. The zero-order valence-electron chi connectivity index (χ0n) is 12.2. The molecule has 2 aromatic rings. The van der Waals surface area contributed by atoms with Crippen LogP contribution in [-0.2, 0) is 9.31 Å². The van der Waals surface area contributed by atoms with E-state index >= 15 is 0 Å². The minimum absolute atomic E-state index is 0.0630. The van der Waals surface area contributed by atoms with Gasteiger partial charge in [-0.1, -0.05) is 0 Å². The number of nitrogen functional groups attached to an aromatic ring is 1. The Morgan fingerprint density at radius 1 is 1.14 bits per heavy atom. The average molecular weight is 296 g/mol. The molecule has 3 rings (SSSR count). The number of fused-ring (bicyclic) bond motifs is 1. The number of hydrogen-bond acceptors (Lipinski definition) is 5. The molecule has 1 aromatic heterocycles. The van der Waals surface area contributed by atoms with Gasteiger partial charge in [0.1, 0.15) is 5.52 Å². The summed E-state index contributed by atoms with van der Waals surface area (Å²) in [4.78, 5) is 3.66. The fourth-order valence-corrected chi connectivity index (χ4v) is 2.19. The van der Waals surface area contributed by atoms with Crippen LogP contribution in [0, 0.1) is 11.6 Å². The van der Waals surface area contributed by atoms with Crippen molar-refractivity contribution in [3.63, 3.8) is 0 Å². The molecule has 0 unspecified atom stereocenters. The van der Waals surface area contributed by atoms with Gasteiger partial charge in [-0.3, -0.25) is 0 Å². The lowest BCUT2D eigenvalue weighted by molar-refractivity contribution is 0.00578. The molecule has 112 valence electrons. The predicted molar refractivity (Wildman–Crippen MR) is 74.1 cm³/mol. The Hall–Kier alpha value is -1.67. The van der Waals surface area contributed by atoms with Crippen LogP contribution in [-0.4, -0.2) is 23.3 Å². The predicted octanol–water partition coefficient (Wildman–Crippen LogP) is 1.99. The maximum atomic E-state index is 14.5. The molecule has 1 saturated heterocycles. The lowest BCUT2D eigenvalue weighted by atomic mass is 9.78. The molecule has 1 aromatic carbocycles. The molecule has 1 fully saturated rings. The molecule has 0 saturated carbocycles. The first-order valence-electron chi connectivity index (χ1n) is 6.52. The van der Waals surface area contributed by atoms with Crippen molar-refractivity contribution in [1.29, 1.82) is 0 Å². The molecule has 0 atom stereocenters. The molecular weight excluding hydrogens is 281 g/mol. The lowest BCUT2D eigenvalue weighted by Gasteiger charge is -2.32. The first-order valence-corrected chi connectivity index (χ1v) is 6.52. The van der Waals surface area contributed by atoms with Gasteiger partial charge in [0.25, 0.3) is 6.01 Å². The van der Waals surface area contributed by atoms with E-state index in [4.69, 9.17) is 19.5 Å². The van der Waals surface area contributed by atoms with Crippen molar-refractivity contribution in [2.75, 3.05) is 5.73 Å². The Morgan fingerprint density at radius 3 is 2.29 bits per heavy atom. The van der Waals surface area contributed by atoms with E-state index in [9.17, 15) is 8.78 Å². The Bertz CT molecular complexity index is 714. The molecule has 0 amide bonds. The van der Waals surface area contributed by atoms with Crippen LogP contribution in [0.25, 0.3) is 11.1 Å². The summed E-state index contributed by atoms with van der Waals surface area (Å²) in [7, 11) is -1.02. The van der Waals surface area contributed by atoms with Gasteiger partial charge < -0.3 is 19.5 Å². The van der Waals surface area contributed by atoms with Crippen LogP contribution in [0.4, 0.5) is 14.8 Å². The third-order valence-corrected chi connectivity index (χ3v) is 4.11. The molecule has 0 aliphatic carbocycles. The quantitative estimate of drug-likeness (QED) is 0.815. The van der Waals surface area contributed by atoms with Crippen LogP contribution >= 0.6 is 0 Å². The van der Waals surface area contributed by atoms with E-state index in [0.717, 1.165) is 6.07 Å². The van der Waals surface area contributed by atoms with E-state index in [0.29, 0.717) is 0 Å². The number of nitrogens with two attached hydrogens (primary N) is 1. The molecular formula is C13H15BF2N2O3. The van der Waals surface area contributed by atoms with Gasteiger partial charge in [-0.15, -0.1) is 0 Å². The smallest absolute Gasteiger partial charge is 0.420 e. The maximum Gasteiger partial charge on any atom is 0.498 e. The maximum absolute atomic E-state index is 14.5. The Kier molecular flexibility index (Phi) is 2.84. The Balaban J connectivity index is 2.12. The zero-order valence-corrected chi connectivity index (χ0v) is 12.2. The monoisotopic (exact) mass is 296 g/mol. The van der Waals surface area contributed by atoms with Crippen molar-refractivity contribution in [3.8, 4) is 0 Å². The largest absolute Gasteiger partial charge is 0.498 e. The Morgan fingerprint density at radius 2 is 1.71 bits per heavy atom. The van der Waals surface area contributed by atoms with Gasteiger partial charge in [0, 0.05) is 5.46 Å². The van der Waals surface area contributed by atoms with Gasteiger partial charge >= 0.3 is 7.12 Å². The fourth-order valence-electron chi connectivity index (χ4n) is 2.19. The highest BCUT2D eigenvalue weighted by Crippen LogP contribution is 2.37. The van der Waals surface area contributed by atoms with E-state index < -0.39 is 30.0 Å². The molecule has 8 heteroatoms. The second kappa shape index (κ2) is 4.17. The standard InChI is InChI=1S/C13H15BF2N2O3/c1-12(2)13(3,4)21-14(20-12)6-5-7(15)10-9(8(6)16)18-11(17)19-10/h5H,1-4H3,(H2,17,18). The summed E-state index contributed by atoms with van der Waals surface area (Å²) in [5.41, 5.74) is 3.39. The van der Waals surface area contributed by atoms with Gasteiger partial charge in [0.15, 0.2) is 17.2 Å². The Labute approximate surface area is 120 Å². The lowest BCUT2D eigenvalue weighted by Crippen LogP contribution is -2.41. The van der Waals surface area contributed by atoms with Crippen molar-refractivity contribution in [2.24, 2.45) is 0 Å². The number of halogens is 2. The first-order chi connectivity index (χ1) is 9.62. The van der Waals surface area contributed by atoms with Gasteiger partial charge in [-0.05, 0) is 33.8 Å². The highest BCUT2D eigenvalue weighted by molar-refractivity contribution is 6.62. The van der Waals surface area contributed by atoms with Crippen LogP contribution in [0.1, 0.15) is 27.7 Å². The number of anilines is 1. The second-order valence-electron chi connectivity index (χ2n) is 6.08. The first kappa shape index (κ1) is 14.3. The highest BCUT2D eigenvalue weighted by atomic mass is 19.1. The summed E-state index contributed by atoms with van der Waals surface area (Å²) in [5.74, 6) is -1.52. The highest BCUT2D eigenvalue weighted by Gasteiger charge is 2.52. The van der Waals surface area contributed by atoms with Crippen LogP contribution in [0.5, 0.6) is 0 Å². The van der Waals surface area contributed by atoms with Crippen LogP contribution in [0.3, 0.4) is 0 Å². The van der Waals surface area contributed by atoms with E-state index in [-0.39, 0.29) is 22.6 Å². The van der Waals surface area contributed by atoms with Crippen molar-refractivity contribution in [2.45, 2.75) is 38.9 Å². The molecule has 2 heterocycles. The minimum Gasteiger partial charge on any atom is -0.420 e. The van der Waals surface area contributed by atoms with Gasteiger partial charge in [0.05, 0.1) is 11.2 Å². The van der Waals surface area contributed by atoms with Crippen molar-refractivity contribution in [1.82, 2.24) is 4.98 Å². The number of aromatic nitrogens is 1. The average Bonchev–Trinajstić information content (AvgIpc) is 2.83. The van der Waals surface area contributed by atoms with Gasteiger partial charge in [0.2, 0.25) is 0 Å². The fraction of sp³-hybridized carbons (Fsp3) is 0.462. The van der Waals surface area contributed by atoms with E-state index in [1.54, 1.807) is 0 Å². The molecule has 0 radical (unpaired) electrons. The normalized spacial score (nSPS) is 20.4.